The zero-order chi connectivity index (χ0) is 12.0. The molecule has 2 heterocycles. The molecule has 3 amide bonds. The number of hydrazine groups is 1. The molecule has 84 valence electrons. The molecule has 0 radical (unpaired) electrons. The van der Waals surface area contributed by atoms with Gasteiger partial charge in [-0.25, -0.2) is 0 Å². The zero-order valence-corrected chi connectivity index (χ0v) is 10.5. The lowest BCUT2D eigenvalue weighted by atomic mass is 10.5. The van der Waals surface area contributed by atoms with Crippen molar-refractivity contribution in [3.63, 3.8) is 0 Å². The Bertz CT molecular complexity index is 436. The van der Waals surface area contributed by atoms with Crippen molar-refractivity contribution >= 4 is 69.2 Å². The third-order valence-corrected chi connectivity index (χ3v) is 4.02. The first-order chi connectivity index (χ1) is 7.45. The highest BCUT2D eigenvalue weighted by Crippen LogP contribution is 2.31. The summed E-state index contributed by atoms with van der Waals surface area (Å²) in [5.74, 6) is -2.04. The molecular formula is C7H2Cl2N2O3S2. The monoisotopic (exact) mass is 296 g/mol. The number of nitrogens with zero attached hydrogens (tertiary/aromatic N) is 2. The predicted octanol–water partition coefficient (Wildman–Crippen LogP) is 0.820. The molecular weight excluding hydrogens is 295 g/mol. The van der Waals surface area contributed by atoms with Crippen LogP contribution in [0.15, 0.2) is 10.1 Å². The second-order valence-electron chi connectivity index (χ2n) is 2.81. The first-order valence-electron chi connectivity index (χ1n) is 3.89. The SMILES string of the molecule is O=C1CSC(=S)N1N1C(=O)C(Cl)=C(Cl)C1=O. The summed E-state index contributed by atoms with van der Waals surface area (Å²) in [5.41, 5.74) is 0. The second-order valence-corrected chi connectivity index (χ2v) is 5.18. The van der Waals surface area contributed by atoms with Gasteiger partial charge in [0.05, 0.1) is 5.75 Å². The molecule has 1 saturated heterocycles. The molecule has 9 heteroatoms. The minimum absolute atomic E-state index is 0.0884. The number of halogens is 2. The van der Waals surface area contributed by atoms with E-state index in [0.717, 1.165) is 16.8 Å². The average molecular weight is 297 g/mol. The molecule has 0 aromatic rings. The molecule has 0 bridgehead atoms. The Labute approximate surface area is 109 Å². The van der Waals surface area contributed by atoms with Crippen LogP contribution in [-0.2, 0) is 14.4 Å². The summed E-state index contributed by atoms with van der Waals surface area (Å²) in [6, 6.07) is 0. The molecule has 0 aliphatic carbocycles. The lowest BCUT2D eigenvalue weighted by molar-refractivity contribution is -0.157. The summed E-state index contributed by atoms with van der Waals surface area (Å²) in [7, 11) is 0. The summed E-state index contributed by atoms with van der Waals surface area (Å²) < 4.78 is 0.127. The van der Waals surface area contributed by atoms with E-state index >= 15 is 0 Å². The Morgan fingerprint density at radius 1 is 1.06 bits per heavy atom. The molecule has 16 heavy (non-hydrogen) atoms. The Morgan fingerprint density at radius 3 is 1.94 bits per heavy atom. The topological polar surface area (TPSA) is 57.7 Å². The first kappa shape index (κ1) is 11.8. The molecule has 2 aliphatic rings. The van der Waals surface area contributed by atoms with Crippen LogP contribution in [0, 0.1) is 0 Å². The summed E-state index contributed by atoms with van der Waals surface area (Å²) >= 11 is 17.0. The third kappa shape index (κ3) is 1.55. The maximum absolute atomic E-state index is 11.6. The van der Waals surface area contributed by atoms with E-state index in [4.69, 9.17) is 35.4 Å². The van der Waals surface area contributed by atoms with Crippen molar-refractivity contribution in [3.8, 4) is 0 Å². The fraction of sp³-hybridized carbons (Fsp3) is 0.143. The third-order valence-electron chi connectivity index (χ3n) is 1.88. The van der Waals surface area contributed by atoms with E-state index in [1.54, 1.807) is 0 Å². The number of rotatable bonds is 1. The van der Waals surface area contributed by atoms with Gasteiger partial charge in [-0.3, -0.25) is 14.4 Å². The van der Waals surface area contributed by atoms with Crippen LogP contribution in [0.4, 0.5) is 0 Å². The van der Waals surface area contributed by atoms with Crippen molar-refractivity contribution in [2.45, 2.75) is 0 Å². The highest BCUT2D eigenvalue weighted by Gasteiger charge is 2.46. The van der Waals surface area contributed by atoms with E-state index < -0.39 is 27.8 Å². The highest BCUT2D eigenvalue weighted by atomic mass is 35.5. The molecule has 0 spiro atoms. The van der Waals surface area contributed by atoms with Crippen molar-refractivity contribution in [2.24, 2.45) is 0 Å². The number of thiocarbonyl (C=S) groups is 1. The minimum atomic E-state index is -0.838. The molecule has 5 nitrogen and oxygen atoms in total. The van der Waals surface area contributed by atoms with E-state index in [0.29, 0.717) is 5.01 Å². The Balaban J connectivity index is 2.38. The first-order valence-corrected chi connectivity index (χ1v) is 6.04. The number of hydrogen-bond donors (Lipinski definition) is 0. The number of carbonyl (C=O) groups excluding carboxylic acids is 3. The van der Waals surface area contributed by atoms with Gasteiger partial charge in [-0.2, -0.15) is 10.0 Å². The van der Waals surface area contributed by atoms with Gasteiger partial charge in [-0.1, -0.05) is 47.2 Å². The summed E-state index contributed by atoms with van der Waals surface area (Å²) in [6.07, 6.45) is 0. The maximum Gasteiger partial charge on any atom is 0.293 e. The van der Waals surface area contributed by atoms with Crippen LogP contribution in [0.25, 0.3) is 0 Å². The van der Waals surface area contributed by atoms with E-state index in [1.165, 1.54) is 0 Å². The van der Waals surface area contributed by atoms with Gasteiger partial charge < -0.3 is 0 Å². The smallest absolute Gasteiger partial charge is 0.272 e. The second kappa shape index (κ2) is 3.99. The molecule has 0 N–H and O–H groups in total. The van der Waals surface area contributed by atoms with E-state index in [2.05, 4.69) is 0 Å². The van der Waals surface area contributed by atoms with Crippen molar-refractivity contribution in [1.82, 2.24) is 10.0 Å². The largest absolute Gasteiger partial charge is 0.293 e. The van der Waals surface area contributed by atoms with Gasteiger partial charge in [0.2, 0.25) is 0 Å². The fourth-order valence-corrected chi connectivity index (χ4v) is 2.55. The highest BCUT2D eigenvalue weighted by molar-refractivity contribution is 8.23. The average Bonchev–Trinajstić information content (AvgIpc) is 2.65. The molecule has 0 aromatic carbocycles. The molecule has 0 aromatic heterocycles. The lowest BCUT2D eigenvalue weighted by Crippen LogP contribution is -2.49. The van der Waals surface area contributed by atoms with Crippen LogP contribution in [0.5, 0.6) is 0 Å². The van der Waals surface area contributed by atoms with Crippen LogP contribution < -0.4 is 0 Å². The van der Waals surface area contributed by atoms with Crippen molar-refractivity contribution in [3.05, 3.63) is 10.1 Å². The standard InChI is InChI=1S/C7H2Cl2N2O3S2/c8-3-4(9)6(14)11(5(3)13)10-2(12)1-16-7(10)15/h1H2. The van der Waals surface area contributed by atoms with Crippen molar-refractivity contribution in [1.29, 1.82) is 0 Å². The van der Waals surface area contributed by atoms with Crippen LogP contribution in [-0.4, -0.2) is 37.8 Å². The fourth-order valence-electron chi connectivity index (χ4n) is 1.19. The Hall–Kier alpha value is -0.630. The van der Waals surface area contributed by atoms with Crippen LogP contribution in [0.3, 0.4) is 0 Å². The van der Waals surface area contributed by atoms with Crippen LogP contribution in [0.2, 0.25) is 0 Å². The van der Waals surface area contributed by atoms with Gasteiger partial charge in [0.1, 0.15) is 10.1 Å². The Kier molecular flexibility index (Phi) is 2.95. The van der Waals surface area contributed by atoms with Crippen LogP contribution >= 0.6 is 47.2 Å². The quantitative estimate of drug-likeness (QED) is 0.530. The summed E-state index contributed by atoms with van der Waals surface area (Å²) in [5, 5.41) is 0.580. The van der Waals surface area contributed by atoms with Crippen molar-refractivity contribution < 1.29 is 14.4 Å². The van der Waals surface area contributed by atoms with Gasteiger partial charge in [-0.15, -0.1) is 0 Å². The van der Waals surface area contributed by atoms with E-state index in [9.17, 15) is 14.4 Å². The summed E-state index contributed by atoms with van der Waals surface area (Å²) in [4.78, 5) is 34.6. The van der Waals surface area contributed by atoms with Gasteiger partial charge in [-0.05, 0) is 0 Å². The lowest BCUT2D eigenvalue weighted by Gasteiger charge is -2.24. The molecule has 2 rings (SSSR count). The zero-order valence-electron chi connectivity index (χ0n) is 7.40. The molecule has 0 atom stereocenters. The number of carbonyl (C=O) groups is 3. The van der Waals surface area contributed by atoms with Crippen molar-refractivity contribution in [2.75, 3.05) is 5.75 Å². The predicted molar refractivity (Wildman–Crippen MR) is 62.5 cm³/mol. The number of thioether (sulfide) groups is 1. The number of hydrogen-bond acceptors (Lipinski definition) is 5. The minimum Gasteiger partial charge on any atom is -0.272 e. The van der Waals surface area contributed by atoms with Crippen LogP contribution in [0.1, 0.15) is 0 Å². The van der Waals surface area contributed by atoms with E-state index in [1.807, 2.05) is 0 Å². The molecule has 1 fully saturated rings. The maximum atomic E-state index is 11.6. The molecule has 0 unspecified atom stereocenters. The van der Waals surface area contributed by atoms with Gasteiger partial charge in [0, 0.05) is 0 Å². The van der Waals surface area contributed by atoms with Gasteiger partial charge in [0.15, 0.2) is 4.32 Å². The number of imide groups is 1. The van der Waals surface area contributed by atoms with Gasteiger partial charge >= 0.3 is 0 Å². The van der Waals surface area contributed by atoms with E-state index in [-0.39, 0.29) is 10.1 Å². The summed E-state index contributed by atoms with van der Waals surface area (Å²) in [6.45, 7) is 0. The van der Waals surface area contributed by atoms with Gasteiger partial charge in [0.25, 0.3) is 17.7 Å². The molecule has 0 saturated carbocycles. The normalized spacial score (nSPS) is 21.9. The Morgan fingerprint density at radius 2 is 1.56 bits per heavy atom. The number of amides is 3. The molecule has 2 aliphatic heterocycles.